The number of imide groups is 1. The van der Waals surface area contributed by atoms with Crippen molar-refractivity contribution in [3.8, 4) is 0 Å². The first-order chi connectivity index (χ1) is 13.3. The third-order valence-electron chi connectivity index (χ3n) is 4.67. The van der Waals surface area contributed by atoms with Crippen LogP contribution >= 0.6 is 0 Å². The second-order valence-corrected chi connectivity index (χ2v) is 6.51. The standard InChI is InChI=1S/C21H20N2O5/c1-13(23-19(25)16-11-7-8-12-17(16)20(23)26)21(27)28-14(2)18(24)22(3)15-9-5-4-6-10-15/h4-14H,1-3H3. The van der Waals surface area contributed by atoms with Crippen LogP contribution in [0.3, 0.4) is 0 Å². The summed E-state index contributed by atoms with van der Waals surface area (Å²) in [6, 6.07) is 14.2. The maximum Gasteiger partial charge on any atom is 0.329 e. The number of benzene rings is 2. The first kappa shape index (κ1) is 19.3. The van der Waals surface area contributed by atoms with E-state index < -0.39 is 35.8 Å². The maximum absolute atomic E-state index is 12.5. The molecule has 3 amide bonds. The quantitative estimate of drug-likeness (QED) is 0.587. The van der Waals surface area contributed by atoms with E-state index in [9.17, 15) is 19.2 Å². The van der Waals surface area contributed by atoms with E-state index in [1.165, 1.54) is 30.9 Å². The number of ether oxygens (including phenoxy) is 1. The van der Waals surface area contributed by atoms with Crippen molar-refractivity contribution >= 4 is 29.4 Å². The lowest BCUT2D eigenvalue weighted by atomic mass is 10.1. The topological polar surface area (TPSA) is 84.0 Å². The first-order valence-corrected chi connectivity index (χ1v) is 8.83. The lowest BCUT2D eigenvalue weighted by Crippen LogP contribution is -2.46. The molecular weight excluding hydrogens is 360 g/mol. The van der Waals surface area contributed by atoms with Crippen LogP contribution in [0.1, 0.15) is 34.6 Å². The summed E-state index contributed by atoms with van der Waals surface area (Å²) in [5, 5.41) is 0. The zero-order chi connectivity index (χ0) is 20.4. The van der Waals surface area contributed by atoms with Gasteiger partial charge in [-0.1, -0.05) is 30.3 Å². The van der Waals surface area contributed by atoms with Gasteiger partial charge in [-0.25, -0.2) is 4.79 Å². The summed E-state index contributed by atoms with van der Waals surface area (Å²) in [5.74, 6) is -2.35. The Balaban J connectivity index is 1.68. The van der Waals surface area contributed by atoms with Crippen molar-refractivity contribution in [2.75, 3.05) is 11.9 Å². The lowest BCUT2D eigenvalue weighted by Gasteiger charge is -2.25. The van der Waals surface area contributed by atoms with E-state index in [0.29, 0.717) is 5.69 Å². The number of likely N-dealkylation sites (N-methyl/N-ethyl adjacent to an activating group) is 1. The smallest absolute Gasteiger partial charge is 0.329 e. The minimum absolute atomic E-state index is 0.250. The molecule has 1 aliphatic rings. The summed E-state index contributed by atoms with van der Waals surface area (Å²) < 4.78 is 5.25. The van der Waals surface area contributed by atoms with Crippen LogP contribution in [0.5, 0.6) is 0 Å². The number of nitrogens with zero attached hydrogens (tertiary/aromatic N) is 2. The molecule has 0 saturated heterocycles. The van der Waals surface area contributed by atoms with E-state index in [2.05, 4.69) is 0 Å². The van der Waals surface area contributed by atoms with Crippen LogP contribution in [-0.2, 0) is 14.3 Å². The number of amides is 3. The van der Waals surface area contributed by atoms with E-state index >= 15 is 0 Å². The Kier molecular flexibility index (Phi) is 5.26. The fraction of sp³-hybridized carbons (Fsp3) is 0.238. The summed E-state index contributed by atoms with van der Waals surface area (Å²) >= 11 is 0. The monoisotopic (exact) mass is 380 g/mol. The number of hydrogen-bond donors (Lipinski definition) is 0. The molecule has 2 aromatic rings. The molecular formula is C21H20N2O5. The Morgan fingerprint density at radius 3 is 1.93 bits per heavy atom. The molecule has 2 aromatic carbocycles. The van der Waals surface area contributed by atoms with Gasteiger partial charge in [-0.05, 0) is 38.1 Å². The molecule has 2 unspecified atom stereocenters. The van der Waals surface area contributed by atoms with Gasteiger partial charge in [0.15, 0.2) is 6.10 Å². The second-order valence-electron chi connectivity index (χ2n) is 6.51. The van der Waals surface area contributed by atoms with Crippen LogP contribution in [0.2, 0.25) is 0 Å². The van der Waals surface area contributed by atoms with Crippen molar-refractivity contribution in [3.05, 3.63) is 65.7 Å². The molecule has 0 saturated carbocycles. The Morgan fingerprint density at radius 1 is 0.893 bits per heavy atom. The average molecular weight is 380 g/mol. The van der Waals surface area contributed by atoms with E-state index in [4.69, 9.17) is 4.74 Å². The molecule has 0 radical (unpaired) electrons. The van der Waals surface area contributed by atoms with Gasteiger partial charge in [0, 0.05) is 12.7 Å². The predicted octanol–water partition coefficient (Wildman–Crippen LogP) is 2.27. The SMILES string of the molecule is CC(OC(=O)C(C)N1C(=O)c2ccccc2C1=O)C(=O)N(C)c1ccccc1. The van der Waals surface area contributed by atoms with Gasteiger partial charge in [0.1, 0.15) is 6.04 Å². The zero-order valence-electron chi connectivity index (χ0n) is 15.8. The molecule has 144 valence electrons. The van der Waals surface area contributed by atoms with E-state index in [1.807, 2.05) is 6.07 Å². The van der Waals surface area contributed by atoms with Crippen molar-refractivity contribution < 1.29 is 23.9 Å². The van der Waals surface area contributed by atoms with Gasteiger partial charge in [-0.2, -0.15) is 0 Å². The fourth-order valence-electron chi connectivity index (χ4n) is 3.04. The molecule has 7 heteroatoms. The Hall–Kier alpha value is -3.48. The molecule has 0 fully saturated rings. The number of carbonyl (C=O) groups excluding carboxylic acids is 4. The minimum atomic E-state index is -1.15. The molecule has 0 spiro atoms. The molecule has 0 aliphatic carbocycles. The summed E-state index contributed by atoms with van der Waals surface area (Å²) in [5.41, 5.74) is 1.16. The minimum Gasteiger partial charge on any atom is -0.451 e. The number of esters is 1. The van der Waals surface area contributed by atoms with Gasteiger partial charge in [0.25, 0.3) is 17.7 Å². The number of anilines is 1. The van der Waals surface area contributed by atoms with Gasteiger partial charge in [-0.15, -0.1) is 0 Å². The van der Waals surface area contributed by atoms with E-state index in [1.54, 1.807) is 43.4 Å². The molecule has 0 aromatic heterocycles. The largest absolute Gasteiger partial charge is 0.451 e. The normalized spacial score (nSPS) is 15.0. The van der Waals surface area contributed by atoms with Gasteiger partial charge in [0.2, 0.25) is 0 Å². The number of para-hydroxylation sites is 1. The Bertz CT molecular complexity index is 906. The van der Waals surface area contributed by atoms with E-state index in [-0.39, 0.29) is 11.1 Å². The summed E-state index contributed by atoms with van der Waals surface area (Å²) in [7, 11) is 1.58. The van der Waals surface area contributed by atoms with Crippen molar-refractivity contribution in [3.63, 3.8) is 0 Å². The van der Waals surface area contributed by atoms with Crippen LogP contribution in [0.25, 0.3) is 0 Å². The van der Waals surface area contributed by atoms with Crippen LogP contribution in [0.15, 0.2) is 54.6 Å². The molecule has 28 heavy (non-hydrogen) atoms. The van der Waals surface area contributed by atoms with Crippen LogP contribution in [0, 0.1) is 0 Å². The van der Waals surface area contributed by atoms with Gasteiger partial charge in [-0.3, -0.25) is 19.3 Å². The van der Waals surface area contributed by atoms with Crippen LogP contribution in [-0.4, -0.2) is 47.8 Å². The predicted molar refractivity (Wildman–Crippen MR) is 102 cm³/mol. The first-order valence-electron chi connectivity index (χ1n) is 8.83. The number of fused-ring (bicyclic) bond motifs is 1. The summed E-state index contributed by atoms with van der Waals surface area (Å²) in [4.78, 5) is 52.3. The highest BCUT2D eigenvalue weighted by Gasteiger charge is 2.41. The third-order valence-corrected chi connectivity index (χ3v) is 4.67. The zero-order valence-corrected chi connectivity index (χ0v) is 15.8. The molecule has 0 bridgehead atoms. The van der Waals surface area contributed by atoms with Gasteiger partial charge >= 0.3 is 5.97 Å². The fourth-order valence-corrected chi connectivity index (χ4v) is 3.04. The molecule has 0 N–H and O–H groups in total. The van der Waals surface area contributed by atoms with Crippen LogP contribution in [0.4, 0.5) is 5.69 Å². The molecule has 7 nitrogen and oxygen atoms in total. The van der Waals surface area contributed by atoms with Crippen molar-refractivity contribution in [2.45, 2.75) is 26.0 Å². The van der Waals surface area contributed by atoms with Gasteiger partial charge in [0.05, 0.1) is 11.1 Å². The lowest BCUT2D eigenvalue weighted by molar-refractivity contribution is -0.157. The van der Waals surface area contributed by atoms with Gasteiger partial charge < -0.3 is 9.64 Å². The second kappa shape index (κ2) is 7.64. The van der Waals surface area contributed by atoms with Crippen molar-refractivity contribution in [2.24, 2.45) is 0 Å². The summed E-state index contributed by atoms with van der Waals surface area (Å²) in [6.07, 6.45) is -1.07. The number of hydrogen-bond acceptors (Lipinski definition) is 5. The van der Waals surface area contributed by atoms with Crippen LogP contribution < -0.4 is 4.90 Å². The van der Waals surface area contributed by atoms with Crippen molar-refractivity contribution in [1.29, 1.82) is 0 Å². The highest BCUT2D eigenvalue weighted by Crippen LogP contribution is 2.25. The Labute approximate surface area is 162 Å². The Morgan fingerprint density at radius 2 is 1.39 bits per heavy atom. The molecule has 1 aliphatic heterocycles. The number of rotatable bonds is 5. The molecule has 2 atom stereocenters. The maximum atomic E-state index is 12.5. The molecule has 1 heterocycles. The molecule has 3 rings (SSSR count). The average Bonchev–Trinajstić information content (AvgIpc) is 2.97. The summed E-state index contributed by atoms with van der Waals surface area (Å²) in [6.45, 7) is 2.86. The van der Waals surface area contributed by atoms with E-state index in [0.717, 1.165) is 4.90 Å². The van der Waals surface area contributed by atoms with Crippen molar-refractivity contribution in [1.82, 2.24) is 4.90 Å². The highest BCUT2D eigenvalue weighted by atomic mass is 16.5. The highest BCUT2D eigenvalue weighted by molar-refractivity contribution is 6.22. The number of carbonyl (C=O) groups is 4. The third kappa shape index (κ3) is 3.38.